The topological polar surface area (TPSA) is 42.4 Å². The summed E-state index contributed by atoms with van der Waals surface area (Å²) in [6.45, 7) is 0. The second-order valence-corrected chi connectivity index (χ2v) is 11.5. The van der Waals surface area contributed by atoms with Crippen LogP contribution in [0.1, 0.15) is 0 Å². The second kappa shape index (κ2) is 9.06. The van der Waals surface area contributed by atoms with Gasteiger partial charge in [0.25, 0.3) is 0 Å². The van der Waals surface area contributed by atoms with E-state index in [2.05, 4.69) is 95.9 Å². The molecule has 0 aliphatic rings. The standard InChI is InChI=1S/C37H22N2O2S/c1-3-9-23(10-4-1)37-38-31-21-30-28-17-15-26(20-35(28)42-36(30)22-34(31)41-37)39(24-11-5-2-6-12-24)25-16-18-33-29(19-25)27-13-7-8-14-32(27)40-33/h1-22H. The molecule has 0 N–H and O–H groups in total. The molecule has 3 aromatic heterocycles. The minimum Gasteiger partial charge on any atom is -0.456 e. The Morgan fingerprint density at radius 1 is 0.476 bits per heavy atom. The number of para-hydroxylation sites is 2. The zero-order chi connectivity index (χ0) is 27.6. The van der Waals surface area contributed by atoms with E-state index in [4.69, 9.17) is 13.8 Å². The normalized spacial score (nSPS) is 11.8. The third-order valence-electron chi connectivity index (χ3n) is 7.88. The number of rotatable bonds is 4. The predicted molar refractivity (Wildman–Crippen MR) is 174 cm³/mol. The highest BCUT2D eigenvalue weighted by Crippen LogP contribution is 2.43. The van der Waals surface area contributed by atoms with Gasteiger partial charge in [-0.25, -0.2) is 4.98 Å². The number of furan rings is 1. The zero-order valence-electron chi connectivity index (χ0n) is 22.3. The van der Waals surface area contributed by atoms with Crippen LogP contribution in [-0.4, -0.2) is 4.98 Å². The molecule has 0 saturated carbocycles. The number of hydrogen-bond acceptors (Lipinski definition) is 5. The summed E-state index contributed by atoms with van der Waals surface area (Å²) in [4.78, 5) is 7.12. The van der Waals surface area contributed by atoms with Gasteiger partial charge in [0.1, 0.15) is 16.7 Å². The molecule has 4 nitrogen and oxygen atoms in total. The number of thiophene rings is 1. The lowest BCUT2D eigenvalue weighted by Gasteiger charge is -2.25. The summed E-state index contributed by atoms with van der Waals surface area (Å²) >= 11 is 1.78. The maximum Gasteiger partial charge on any atom is 0.227 e. The van der Waals surface area contributed by atoms with Gasteiger partial charge in [0, 0.05) is 59.6 Å². The quantitative estimate of drug-likeness (QED) is 0.215. The van der Waals surface area contributed by atoms with E-state index in [0.717, 1.165) is 55.7 Å². The molecule has 5 heteroatoms. The monoisotopic (exact) mass is 558 g/mol. The van der Waals surface area contributed by atoms with Crippen molar-refractivity contribution in [3.05, 3.63) is 133 Å². The Kier molecular flexibility index (Phi) is 5.03. The molecule has 0 saturated heterocycles. The van der Waals surface area contributed by atoms with Crippen LogP contribution in [-0.2, 0) is 0 Å². The Balaban J connectivity index is 1.19. The molecule has 0 spiro atoms. The van der Waals surface area contributed by atoms with Gasteiger partial charge in [-0.1, -0.05) is 60.7 Å². The largest absolute Gasteiger partial charge is 0.456 e. The summed E-state index contributed by atoms with van der Waals surface area (Å²) in [7, 11) is 0. The molecule has 3 heterocycles. The lowest BCUT2D eigenvalue weighted by atomic mass is 10.1. The molecule has 198 valence electrons. The van der Waals surface area contributed by atoms with Crippen LogP contribution in [0.2, 0.25) is 0 Å². The van der Waals surface area contributed by atoms with Crippen LogP contribution in [0.3, 0.4) is 0 Å². The molecular weight excluding hydrogens is 536 g/mol. The van der Waals surface area contributed by atoms with E-state index in [9.17, 15) is 0 Å². The van der Waals surface area contributed by atoms with Gasteiger partial charge >= 0.3 is 0 Å². The Hall–Kier alpha value is -5.39. The van der Waals surface area contributed by atoms with Crippen LogP contribution in [0.4, 0.5) is 17.1 Å². The number of benzene rings is 6. The van der Waals surface area contributed by atoms with Crippen LogP contribution in [0.5, 0.6) is 0 Å². The molecule has 0 atom stereocenters. The second-order valence-electron chi connectivity index (χ2n) is 10.4. The molecule has 0 aliphatic heterocycles. The van der Waals surface area contributed by atoms with Crippen LogP contribution in [0.15, 0.2) is 142 Å². The van der Waals surface area contributed by atoms with E-state index >= 15 is 0 Å². The van der Waals surface area contributed by atoms with Crippen LogP contribution >= 0.6 is 11.3 Å². The van der Waals surface area contributed by atoms with Gasteiger partial charge in [-0.05, 0) is 66.7 Å². The first-order valence-corrected chi connectivity index (χ1v) is 14.7. The van der Waals surface area contributed by atoms with E-state index in [1.807, 2.05) is 42.5 Å². The van der Waals surface area contributed by atoms with Crippen molar-refractivity contribution in [2.75, 3.05) is 4.90 Å². The third-order valence-corrected chi connectivity index (χ3v) is 8.99. The molecule has 6 aromatic carbocycles. The van der Waals surface area contributed by atoms with E-state index in [1.54, 1.807) is 11.3 Å². The van der Waals surface area contributed by atoms with Crippen LogP contribution in [0.25, 0.3) is 64.7 Å². The highest BCUT2D eigenvalue weighted by molar-refractivity contribution is 7.25. The molecule has 9 aromatic rings. The van der Waals surface area contributed by atoms with Crippen molar-refractivity contribution in [2.45, 2.75) is 0 Å². The van der Waals surface area contributed by atoms with Gasteiger partial charge in [-0.2, -0.15) is 0 Å². The molecule has 0 unspecified atom stereocenters. The SMILES string of the molecule is c1ccc(-c2nc3cc4c(cc3o2)sc2cc(N(c3ccccc3)c3ccc5oc6ccccc6c5c3)ccc24)cc1. The first-order valence-electron chi connectivity index (χ1n) is 13.9. The maximum absolute atomic E-state index is 6.17. The van der Waals surface area contributed by atoms with Crippen molar-refractivity contribution in [1.29, 1.82) is 0 Å². The van der Waals surface area contributed by atoms with E-state index in [1.165, 1.54) is 20.2 Å². The third kappa shape index (κ3) is 3.64. The molecule has 0 amide bonds. The van der Waals surface area contributed by atoms with Gasteiger partial charge < -0.3 is 13.7 Å². The van der Waals surface area contributed by atoms with Crippen molar-refractivity contribution in [1.82, 2.24) is 4.98 Å². The van der Waals surface area contributed by atoms with Crippen LogP contribution in [0, 0.1) is 0 Å². The van der Waals surface area contributed by atoms with Crippen molar-refractivity contribution >= 4 is 81.6 Å². The summed E-state index contributed by atoms with van der Waals surface area (Å²) < 4.78 is 14.7. The average Bonchev–Trinajstić information content (AvgIpc) is 3.73. The smallest absolute Gasteiger partial charge is 0.227 e. The van der Waals surface area contributed by atoms with Gasteiger partial charge in [0.15, 0.2) is 5.58 Å². The first-order chi connectivity index (χ1) is 20.8. The minimum atomic E-state index is 0.649. The lowest BCUT2D eigenvalue weighted by molar-refractivity contribution is 0.620. The number of anilines is 3. The molecule has 0 radical (unpaired) electrons. The molecule has 0 aliphatic carbocycles. The van der Waals surface area contributed by atoms with Crippen molar-refractivity contribution in [2.24, 2.45) is 0 Å². The number of aromatic nitrogens is 1. The Bertz CT molecular complexity index is 2420. The summed E-state index contributed by atoms with van der Waals surface area (Å²) in [5, 5.41) is 4.64. The molecule has 0 fully saturated rings. The lowest BCUT2D eigenvalue weighted by Crippen LogP contribution is -2.09. The summed E-state index contributed by atoms with van der Waals surface area (Å²) in [5.74, 6) is 0.649. The maximum atomic E-state index is 6.17. The van der Waals surface area contributed by atoms with Crippen molar-refractivity contribution in [3.8, 4) is 11.5 Å². The molecule has 9 rings (SSSR count). The first kappa shape index (κ1) is 23.3. The van der Waals surface area contributed by atoms with Gasteiger partial charge in [-0.3, -0.25) is 0 Å². The predicted octanol–water partition coefficient (Wildman–Crippen LogP) is 11.2. The van der Waals surface area contributed by atoms with Gasteiger partial charge in [0.05, 0.1) is 0 Å². The Morgan fingerprint density at radius 3 is 2.07 bits per heavy atom. The van der Waals surface area contributed by atoms with E-state index < -0.39 is 0 Å². The Labute approximate surface area is 244 Å². The summed E-state index contributed by atoms with van der Waals surface area (Å²) in [5.41, 5.74) is 7.72. The summed E-state index contributed by atoms with van der Waals surface area (Å²) in [6.07, 6.45) is 0. The number of fused-ring (bicyclic) bond motifs is 7. The number of hydrogen-bond donors (Lipinski definition) is 0. The fraction of sp³-hybridized carbons (Fsp3) is 0. The summed E-state index contributed by atoms with van der Waals surface area (Å²) in [6, 6.07) is 46.2. The minimum absolute atomic E-state index is 0.649. The number of nitrogens with zero attached hydrogens (tertiary/aromatic N) is 2. The van der Waals surface area contributed by atoms with Gasteiger partial charge in [0.2, 0.25) is 5.89 Å². The number of oxazole rings is 1. The highest BCUT2D eigenvalue weighted by Gasteiger charge is 2.18. The Morgan fingerprint density at radius 2 is 1.19 bits per heavy atom. The average molecular weight is 559 g/mol. The van der Waals surface area contributed by atoms with Gasteiger partial charge in [-0.15, -0.1) is 11.3 Å². The zero-order valence-corrected chi connectivity index (χ0v) is 23.1. The van der Waals surface area contributed by atoms with Crippen LogP contribution < -0.4 is 4.90 Å². The van der Waals surface area contributed by atoms with E-state index in [-0.39, 0.29) is 0 Å². The highest BCUT2D eigenvalue weighted by atomic mass is 32.1. The molecule has 42 heavy (non-hydrogen) atoms. The molecular formula is C37H22N2O2S. The van der Waals surface area contributed by atoms with Crippen molar-refractivity contribution < 1.29 is 8.83 Å². The van der Waals surface area contributed by atoms with E-state index in [0.29, 0.717) is 5.89 Å². The fourth-order valence-corrected chi connectivity index (χ4v) is 7.06. The fourth-order valence-electron chi connectivity index (χ4n) is 5.91. The van der Waals surface area contributed by atoms with Crippen molar-refractivity contribution in [3.63, 3.8) is 0 Å². The molecule has 0 bridgehead atoms.